The van der Waals surface area contributed by atoms with Gasteiger partial charge in [0.15, 0.2) is 6.61 Å². The number of esters is 1. The first-order valence-corrected chi connectivity index (χ1v) is 7.15. The summed E-state index contributed by atoms with van der Waals surface area (Å²) in [6.07, 6.45) is 0.0682. The molecule has 0 atom stereocenters. The largest absolute Gasteiger partial charge is 0.452 e. The number of carbonyl (C=O) groups is 3. The molecule has 0 aliphatic rings. The summed E-state index contributed by atoms with van der Waals surface area (Å²) in [5, 5.41) is 1.94. The number of benzene rings is 1. The third-order valence-electron chi connectivity index (χ3n) is 2.68. The maximum Gasteiger partial charge on any atom is 0.413 e. The highest BCUT2D eigenvalue weighted by atomic mass is 16.6. The number of carbonyl (C=O) groups excluding carboxylic acids is 3. The van der Waals surface area contributed by atoms with Crippen molar-refractivity contribution in [2.45, 2.75) is 27.2 Å². The normalized spacial score (nSPS) is 10.2. The van der Waals surface area contributed by atoms with E-state index in [1.54, 1.807) is 19.1 Å². The molecule has 1 aromatic carbocycles. The van der Waals surface area contributed by atoms with Crippen LogP contribution < -0.4 is 5.32 Å². The molecule has 0 aliphatic carbocycles. The highest BCUT2D eigenvalue weighted by Crippen LogP contribution is 2.10. The van der Waals surface area contributed by atoms with E-state index in [0.717, 1.165) is 12.0 Å². The minimum atomic E-state index is -0.860. The highest BCUT2D eigenvalue weighted by molar-refractivity contribution is 5.95. The van der Waals surface area contributed by atoms with Crippen LogP contribution in [0.1, 0.15) is 36.7 Å². The summed E-state index contributed by atoms with van der Waals surface area (Å²) < 4.78 is 9.37. The fourth-order valence-electron chi connectivity index (χ4n) is 1.78. The molecule has 22 heavy (non-hydrogen) atoms. The second kappa shape index (κ2) is 8.81. The molecule has 6 heteroatoms. The van der Waals surface area contributed by atoms with Crippen LogP contribution in [-0.4, -0.2) is 31.2 Å². The van der Waals surface area contributed by atoms with Gasteiger partial charge in [0, 0.05) is 0 Å². The monoisotopic (exact) mass is 307 g/mol. The van der Waals surface area contributed by atoms with E-state index >= 15 is 0 Å². The van der Waals surface area contributed by atoms with E-state index < -0.39 is 24.6 Å². The van der Waals surface area contributed by atoms with Gasteiger partial charge in [-0.1, -0.05) is 26.0 Å². The van der Waals surface area contributed by atoms with Gasteiger partial charge >= 0.3 is 12.1 Å². The lowest BCUT2D eigenvalue weighted by molar-refractivity contribution is -0.123. The zero-order valence-electron chi connectivity index (χ0n) is 13.0. The van der Waals surface area contributed by atoms with E-state index in [-0.39, 0.29) is 6.61 Å². The molecule has 1 rings (SSSR count). The van der Waals surface area contributed by atoms with E-state index in [2.05, 4.69) is 18.6 Å². The van der Waals surface area contributed by atoms with Gasteiger partial charge in [-0.2, -0.15) is 0 Å². The van der Waals surface area contributed by atoms with Crippen molar-refractivity contribution in [1.29, 1.82) is 0 Å². The Morgan fingerprint density at radius 3 is 2.27 bits per heavy atom. The summed E-state index contributed by atoms with van der Waals surface area (Å²) >= 11 is 0. The molecular formula is C16H21NO5. The Hall–Kier alpha value is -2.37. The summed E-state index contributed by atoms with van der Waals surface area (Å²) in [5.74, 6) is -0.817. The van der Waals surface area contributed by atoms with Crippen molar-refractivity contribution < 1.29 is 23.9 Å². The van der Waals surface area contributed by atoms with Gasteiger partial charge in [-0.25, -0.2) is 9.59 Å². The van der Waals surface area contributed by atoms with Crippen LogP contribution in [0.25, 0.3) is 0 Å². The van der Waals surface area contributed by atoms with Crippen LogP contribution in [0.4, 0.5) is 4.79 Å². The van der Waals surface area contributed by atoms with Gasteiger partial charge in [0.25, 0.3) is 5.91 Å². The standard InChI is InChI=1S/C16H21NO5/c1-4-21-16(20)17-14(18)10-22-15(19)13-7-5-12(6-8-13)9-11(2)3/h5-8,11H,4,9-10H2,1-3H3,(H,17,18,20). The van der Waals surface area contributed by atoms with Crippen molar-refractivity contribution in [1.82, 2.24) is 5.32 Å². The van der Waals surface area contributed by atoms with Crippen molar-refractivity contribution in [3.8, 4) is 0 Å². The second-order valence-corrected chi connectivity index (χ2v) is 5.14. The first-order valence-electron chi connectivity index (χ1n) is 7.15. The Bertz CT molecular complexity index is 522. The zero-order valence-corrected chi connectivity index (χ0v) is 13.0. The molecule has 0 heterocycles. The van der Waals surface area contributed by atoms with E-state index in [4.69, 9.17) is 4.74 Å². The quantitative estimate of drug-likeness (QED) is 0.816. The predicted octanol–water partition coefficient (Wildman–Crippen LogP) is 2.31. The van der Waals surface area contributed by atoms with Crippen molar-refractivity contribution in [2.75, 3.05) is 13.2 Å². The van der Waals surface area contributed by atoms with Crippen LogP contribution in [0.2, 0.25) is 0 Å². The minimum absolute atomic E-state index is 0.154. The van der Waals surface area contributed by atoms with Crippen molar-refractivity contribution in [3.05, 3.63) is 35.4 Å². The average molecular weight is 307 g/mol. The number of alkyl carbamates (subject to hydrolysis) is 1. The second-order valence-electron chi connectivity index (χ2n) is 5.14. The molecule has 0 fully saturated rings. The Labute approximate surface area is 129 Å². The number of nitrogens with one attached hydrogen (secondary N) is 1. The van der Waals surface area contributed by atoms with Gasteiger partial charge in [-0.3, -0.25) is 10.1 Å². The molecule has 0 saturated carbocycles. The molecule has 6 nitrogen and oxygen atoms in total. The molecule has 1 N–H and O–H groups in total. The maximum atomic E-state index is 11.8. The van der Waals surface area contributed by atoms with Crippen LogP contribution in [0, 0.1) is 5.92 Å². The lowest BCUT2D eigenvalue weighted by Crippen LogP contribution is -2.34. The first kappa shape index (κ1) is 17.7. The zero-order chi connectivity index (χ0) is 16.5. The SMILES string of the molecule is CCOC(=O)NC(=O)COC(=O)c1ccc(CC(C)C)cc1. The van der Waals surface area contributed by atoms with Crippen LogP contribution in [0.15, 0.2) is 24.3 Å². The van der Waals surface area contributed by atoms with E-state index in [0.29, 0.717) is 11.5 Å². The van der Waals surface area contributed by atoms with Gasteiger partial charge in [-0.05, 0) is 37.0 Å². The Morgan fingerprint density at radius 2 is 1.73 bits per heavy atom. The fraction of sp³-hybridized carbons (Fsp3) is 0.438. The number of ether oxygens (including phenoxy) is 2. The summed E-state index contributed by atoms with van der Waals surface area (Å²) in [6, 6.07) is 7.02. The van der Waals surface area contributed by atoms with Crippen LogP contribution >= 0.6 is 0 Å². The molecule has 0 radical (unpaired) electrons. The molecule has 0 saturated heterocycles. The number of hydrogen-bond donors (Lipinski definition) is 1. The van der Waals surface area contributed by atoms with Gasteiger partial charge in [0.1, 0.15) is 0 Å². The minimum Gasteiger partial charge on any atom is -0.452 e. The summed E-state index contributed by atoms with van der Waals surface area (Å²) in [5.41, 5.74) is 1.49. The topological polar surface area (TPSA) is 81.7 Å². The molecule has 0 spiro atoms. The number of amides is 2. The van der Waals surface area contributed by atoms with E-state index in [1.165, 1.54) is 0 Å². The van der Waals surface area contributed by atoms with Crippen molar-refractivity contribution in [2.24, 2.45) is 5.92 Å². The first-order chi connectivity index (χ1) is 10.4. The highest BCUT2D eigenvalue weighted by Gasteiger charge is 2.13. The molecule has 0 bridgehead atoms. The van der Waals surface area contributed by atoms with Crippen LogP contribution in [-0.2, 0) is 20.7 Å². The van der Waals surface area contributed by atoms with Gasteiger partial charge in [0.2, 0.25) is 0 Å². The number of imide groups is 1. The van der Waals surface area contributed by atoms with Crippen molar-refractivity contribution in [3.63, 3.8) is 0 Å². The molecule has 0 aromatic heterocycles. The summed E-state index contributed by atoms with van der Waals surface area (Å²) in [7, 11) is 0. The van der Waals surface area contributed by atoms with E-state index in [1.807, 2.05) is 17.4 Å². The average Bonchev–Trinajstić information content (AvgIpc) is 2.45. The predicted molar refractivity (Wildman–Crippen MR) is 80.4 cm³/mol. The van der Waals surface area contributed by atoms with Crippen molar-refractivity contribution >= 4 is 18.0 Å². The molecule has 1 aromatic rings. The molecular weight excluding hydrogens is 286 g/mol. The lowest BCUT2D eigenvalue weighted by atomic mass is 10.0. The maximum absolute atomic E-state index is 11.8. The fourth-order valence-corrected chi connectivity index (χ4v) is 1.78. The van der Waals surface area contributed by atoms with Crippen LogP contribution in [0.3, 0.4) is 0 Å². The number of rotatable bonds is 6. The molecule has 0 aliphatic heterocycles. The smallest absolute Gasteiger partial charge is 0.413 e. The van der Waals surface area contributed by atoms with Gasteiger partial charge in [-0.15, -0.1) is 0 Å². The van der Waals surface area contributed by atoms with Gasteiger partial charge < -0.3 is 9.47 Å². The number of hydrogen-bond acceptors (Lipinski definition) is 5. The van der Waals surface area contributed by atoms with Gasteiger partial charge in [0.05, 0.1) is 12.2 Å². The lowest BCUT2D eigenvalue weighted by Gasteiger charge is -2.07. The summed E-state index contributed by atoms with van der Waals surface area (Å²) in [6.45, 7) is 5.47. The Balaban J connectivity index is 2.45. The third kappa shape index (κ3) is 6.39. The molecule has 120 valence electrons. The summed E-state index contributed by atoms with van der Waals surface area (Å²) in [4.78, 5) is 34.1. The third-order valence-corrected chi connectivity index (χ3v) is 2.68. The van der Waals surface area contributed by atoms with E-state index in [9.17, 15) is 14.4 Å². The van der Waals surface area contributed by atoms with Crippen LogP contribution in [0.5, 0.6) is 0 Å². The Kier molecular flexibility index (Phi) is 7.08. The Morgan fingerprint density at radius 1 is 1.09 bits per heavy atom. The molecule has 0 unspecified atom stereocenters. The molecule has 2 amide bonds.